The lowest BCUT2D eigenvalue weighted by Gasteiger charge is -2.42. The second-order valence-electron chi connectivity index (χ2n) is 35.2. The predicted octanol–water partition coefficient (Wildman–Crippen LogP) is 2.21. The van der Waals surface area contributed by atoms with E-state index in [1.807, 2.05) is 4.90 Å². The van der Waals surface area contributed by atoms with E-state index in [4.69, 9.17) is 61.6 Å². The standard InChI is InChI=1S/C92H164N10O34S2/c1-63(106)98-77-83(118)80(115)70(59-103)134-86(77)128-46-23-31-67(109)29-13-7-6-8-19-42-96-90(122)132-49-27-38-92(39-28-50-133-91(123)97-44-21-12-10-18-41-94-74(112)34-25-48-130-88-79(100-65(3)108)85(120)82(117)72(61-105)136-88,101-75(113)36-51-126-52-53-127-54-56-138-137-55-26-32-68(110)30-14-15-35-76(114)102-58-69(125-5)57-66(102)62-124-4)37-16-22-45-131-89(121)95-43-20-11-9-17-40-93-73(111)33-24-47-129-87-78(99-64(2)107)84(119)81(116)71(60-104)135-87/h66,69-72,77-88,103-105,115-120H,6-62H2,1-5H3,(H,93,111)(H,94,112)(H,95,121)(H,96,122)(H,97,123)(H,98,106)(H,99,107)(H,100,108)(H,101,113)/t66-,69+,70?,71?,72?,77?,78?,79?,80?,81?,82?,83?,84?,85?,86?,87?,88?,92?/m1/s1. The van der Waals surface area contributed by atoms with Crippen molar-refractivity contribution in [3.8, 4) is 0 Å². The van der Waals surface area contributed by atoms with E-state index in [9.17, 15) is 103 Å². The van der Waals surface area contributed by atoms with E-state index >= 15 is 0 Å². The Morgan fingerprint density at radius 3 is 1.17 bits per heavy atom. The van der Waals surface area contributed by atoms with Crippen molar-refractivity contribution >= 4 is 92.8 Å². The zero-order valence-electron chi connectivity index (χ0n) is 81.6. The van der Waals surface area contributed by atoms with Crippen LogP contribution < -0.4 is 47.9 Å². The molecule has 0 aromatic carbocycles. The van der Waals surface area contributed by atoms with Crippen LogP contribution >= 0.6 is 21.6 Å². The van der Waals surface area contributed by atoms with Gasteiger partial charge in [0.15, 0.2) is 18.9 Å². The smallest absolute Gasteiger partial charge is 0.407 e. The first-order chi connectivity index (χ1) is 66.5. The van der Waals surface area contributed by atoms with Crippen molar-refractivity contribution in [2.24, 2.45) is 0 Å². The highest BCUT2D eigenvalue weighted by Crippen LogP contribution is 2.31. The summed E-state index contributed by atoms with van der Waals surface area (Å²) in [4.78, 5) is 154. The molecular weight excluding hydrogens is 1850 g/mol. The third-order valence-electron chi connectivity index (χ3n) is 23.7. The summed E-state index contributed by atoms with van der Waals surface area (Å²) in [5, 5.41) is 116. The first-order valence-corrected chi connectivity index (χ1v) is 51.8. The Morgan fingerprint density at radius 1 is 0.370 bits per heavy atom. The van der Waals surface area contributed by atoms with E-state index in [0.717, 1.165) is 63.5 Å². The molecule has 18 atom stereocenters. The maximum absolute atomic E-state index is 14.1. The molecule has 0 aromatic heterocycles. The van der Waals surface area contributed by atoms with Crippen LogP contribution in [-0.2, 0) is 105 Å². The minimum absolute atomic E-state index is 0.00197. The number of methoxy groups -OCH3 is 2. The predicted molar refractivity (Wildman–Crippen MR) is 505 cm³/mol. The summed E-state index contributed by atoms with van der Waals surface area (Å²) < 4.78 is 73.2. The van der Waals surface area contributed by atoms with E-state index in [-0.39, 0.29) is 145 Å². The molecule has 0 aromatic rings. The van der Waals surface area contributed by atoms with Gasteiger partial charge in [0.25, 0.3) is 0 Å². The van der Waals surface area contributed by atoms with Crippen LogP contribution in [0.5, 0.6) is 0 Å². The summed E-state index contributed by atoms with van der Waals surface area (Å²) in [5.74, 6) is -0.419. The van der Waals surface area contributed by atoms with Crippen LogP contribution in [0, 0.1) is 0 Å². The fourth-order valence-corrected chi connectivity index (χ4v) is 18.2. The molecular formula is C92H164N10O34S2. The normalized spacial score (nSPS) is 23.4. The Labute approximate surface area is 819 Å². The number of carbonyl (C=O) groups excluding carboxylic acids is 12. The van der Waals surface area contributed by atoms with Gasteiger partial charge in [0.1, 0.15) is 84.6 Å². The van der Waals surface area contributed by atoms with Crippen molar-refractivity contribution < 1.29 is 165 Å². The summed E-state index contributed by atoms with van der Waals surface area (Å²) in [6.45, 7) is 5.96. The lowest BCUT2D eigenvalue weighted by atomic mass is 9.83. The number of hydrogen-bond donors (Lipinski definition) is 18. The molecule has 0 bridgehead atoms. The van der Waals surface area contributed by atoms with E-state index in [1.54, 1.807) is 35.8 Å². The van der Waals surface area contributed by atoms with Crippen LogP contribution in [0.15, 0.2) is 0 Å². The van der Waals surface area contributed by atoms with Crippen molar-refractivity contribution in [2.75, 3.05) is 157 Å². The first kappa shape index (κ1) is 124. The van der Waals surface area contributed by atoms with Gasteiger partial charge in [0, 0.05) is 143 Å². The Balaban J connectivity index is 1.26. The van der Waals surface area contributed by atoms with E-state index in [1.165, 1.54) is 20.8 Å². The Morgan fingerprint density at radius 2 is 0.739 bits per heavy atom. The van der Waals surface area contributed by atoms with Gasteiger partial charge in [-0.15, -0.1) is 0 Å². The Hall–Kier alpha value is -6.62. The number of carbonyl (C=O) groups is 12. The van der Waals surface area contributed by atoms with E-state index in [2.05, 4.69) is 47.9 Å². The molecule has 4 aliphatic heterocycles. The van der Waals surface area contributed by atoms with Gasteiger partial charge in [-0.3, -0.25) is 43.2 Å². The number of ether oxygens (including phenoxy) is 13. The maximum atomic E-state index is 14.1. The molecule has 16 unspecified atom stereocenters. The quantitative estimate of drug-likeness (QED) is 0.0236. The SMILES string of the molecule is COC[C@H]1C[C@H](OC)CN1C(=O)CCCCC(=O)CCCSSCCOCCOCCC(=O)NC(CCCCOC(=O)NCCCCCCNC(=O)CCCOC1OC(CO)C(O)C(O)C1NC(C)=O)(CCCOC(=O)NCCCCCCCC(=O)CCCOC1OC(CO)C(O)C(O)C1NC(C)=O)CCCOC(=O)NCCCCCCNC(=O)CCCOC1OC(CO)C(O)C(O)C1NC(C)=O. The van der Waals surface area contributed by atoms with Gasteiger partial charge in [-0.05, 0) is 128 Å². The molecule has 0 spiro atoms. The highest BCUT2D eigenvalue weighted by Gasteiger charge is 2.49. The monoisotopic (exact) mass is 2020 g/mol. The van der Waals surface area contributed by atoms with E-state index < -0.39 is 153 Å². The number of hydrogen-bond acceptors (Lipinski definition) is 36. The second kappa shape index (κ2) is 75.2. The molecule has 0 radical (unpaired) electrons. The van der Waals surface area contributed by atoms with E-state index in [0.29, 0.717) is 187 Å². The van der Waals surface area contributed by atoms with Gasteiger partial charge >= 0.3 is 18.3 Å². The van der Waals surface area contributed by atoms with Crippen LogP contribution in [0.4, 0.5) is 14.4 Å². The lowest BCUT2D eigenvalue weighted by Crippen LogP contribution is -2.64. The molecule has 4 aliphatic rings. The molecule has 10 amide bonds. The molecule has 44 nitrogen and oxygen atoms in total. The summed E-state index contributed by atoms with van der Waals surface area (Å²) in [6, 6.07) is -3.28. The molecule has 798 valence electrons. The number of nitrogens with zero attached hydrogens (tertiary/aromatic N) is 1. The Kier molecular flexibility index (Phi) is 67.4. The minimum atomic E-state index is -1.46. The topological polar surface area (TPSA) is 618 Å². The van der Waals surface area contributed by atoms with Gasteiger partial charge in [-0.1, -0.05) is 66.5 Å². The average molecular weight is 2020 g/mol. The van der Waals surface area contributed by atoms with Crippen LogP contribution in [0.1, 0.15) is 245 Å². The summed E-state index contributed by atoms with van der Waals surface area (Å²) in [5.41, 5.74) is -0.937. The van der Waals surface area contributed by atoms with Crippen LogP contribution in [0.2, 0.25) is 0 Å². The third kappa shape index (κ3) is 53.6. The van der Waals surface area contributed by atoms with Crippen molar-refractivity contribution in [3.63, 3.8) is 0 Å². The van der Waals surface area contributed by atoms with Crippen LogP contribution in [0.25, 0.3) is 0 Å². The van der Waals surface area contributed by atoms with Crippen LogP contribution in [-0.4, -0.2) is 389 Å². The number of aliphatic hydroxyl groups excluding tert-OH is 9. The molecule has 18 N–H and O–H groups in total. The van der Waals surface area contributed by atoms with Crippen LogP contribution in [0.3, 0.4) is 0 Å². The molecule has 138 heavy (non-hydrogen) atoms. The third-order valence-corrected chi connectivity index (χ3v) is 26.2. The number of aliphatic hydroxyl groups is 9. The number of likely N-dealkylation sites (tertiary alicyclic amines) is 1. The second-order valence-corrected chi connectivity index (χ2v) is 37.9. The molecule has 4 rings (SSSR count). The van der Waals surface area contributed by atoms with Crippen molar-refractivity contribution in [1.29, 1.82) is 0 Å². The first-order valence-electron chi connectivity index (χ1n) is 49.3. The van der Waals surface area contributed by atoms with Gasteiger partial charge in [0.05, 0.1) is 105 Å². The summed E-state index contributed by atoms with van der Waals surface area (Å²) in [7, 11) is 6.59. The molecule has 4 saturated heterocycles. The lowest BCUT2D eigenvalue weighted by molar-refractivity contribution is -0.270. The van der Waals surface area contributed by atoms with Crippen molar-refractivity contribution in [1.82, 2.24) is 52.8 Å². The number of Topliss-reactive ketones (excluding diaryl/α,β-unsaturated/α-hetero) is 2. The summed E-state index contributed by atoms with van der Waals surface area (Å²) >= 11 is 0. The number of nitrogens with one attached hydrogen (secondary N) is 9. The highest BCUT2D eigenvalue weighted by atomic mass is 33.1. The van der Waals surface area contributed by atoms with Gasteiger partial charge in [0.2, 0.25) is 41.4 Å². The number of unbranched alkanes of at least 4 members (excludes halogenated alkanes) is 12. The minimum Gasteiger partial charge on any atom is -0.450 e. The summed E-state index contributed by atoms with van der Waals surface area (Å²) in [6.07, 6.45) is 0.130. The molecule has 0 saturated carbocycles. The van der Waals surface area contributed by atoms with Gasteiger partial charge in [-0.25, -0.2) is 14.4 Å². The fraction of sp³-hybridized carbons (Fsp3) is 0.870. The van der Waals surface area contributed by atoms with Gasteiger partial charge < -0.3 is 160 Å². The van der Waals surface area contributed by atoms with Gasteiger partial charge in [-0.2, -0.15) is 0 Å². The largest absolute Gasteiger partial charge is 0.450 e. The number of rotatable bonds is 79. The maximum Gasteiger partial charge on any atom is 0.407 e. The number of ketones is 2. The fourth-order valence-electron chi connectivity index (χ4n) is 16.2. The number of amides is 10. The Bertz CT molecular complexity index is 3310. The zero-order valence-corrected chi connectivity index (χ0v) is 83.2. The molecule has 4 fully saturated rings. The zero-order chi connectivity index (χ0) is 101. The average Bonchev–Trinajstić information content (AvgIpc) is 0.826. The van der Waals surface area contributed by atoms with Crippen molar-refractivity contribution in [2.45, 2.75) is 355 Å². The molecule has 46 heteroatoms. The van der Waals surface area contributed by atoms with Crippen molar-refractivity contribution in [3.05, 3.63) is 0 Å². The number of alkyl carbamates (subject to hydrolysis) is 3. The highest BCUT2D eigenvalue weighted by molar-refractivity contribution is 8.76. The molecule has 0 aliphatic carbocycles. The molecule has 4 heterocycles.